The Morgan fingerprint density at radius 3 is 2.31 bits per heavy atom. The quantitative estimate of drug-likeness (QED) is 0.337. The van der Waals surface area contributed by atoms with Crippen molar-refractivity contribution in [3.05, 3.63) is 87.8 Å². The molecule has 0 spiro atoms. The summed E-state index contributed by atoms with van der Waals surface area (Å²) in [6.07, 6.45) is 1.96. The highest BCUT2D eigenvalue weighted by atomic mass is 16.6. The standard InChI is InChI=1S/C37H46N6O5/c1-4-40(5-2)30-13-10-26(11-14-30)35(45)39-31-21-27(36(46)38-29-16-18-41(19-17-29)37(47)48-6-3)12-15-33(31)42-22-25-20-28(24-42)32-8-7-9-34(44)43(32)23-25/h7-15,21,25,28-29H,4-6,16-20,22-24H2,1-3H3,(H,38,46)(H,39,45). The second-order valence-electron chi connectivity index (χ2n) is 12.9. The number of hydrogen-bond donors (Lipinski definition) is 2. The van der Waals surface area contributed by atoms with Crippen LogP contribution in [0.4, 0.5) is 21.9 Å². The number of ether oxygens (including phenoxy) is 1. The summed E-state index contributed by atoms with van der Waals surface area (Å²) in [7, 11) is 0. The van der Waals surface area contributed by atoms with Gasteiger partial charge < -0.3 is 34.6 Å². The predicted octanol–water partition coefficient (Wildman–Crippen LogP) is 4.92. The van der Waals surface area contributed by atoms with Crippen molar-refractivity contribution in [1.82, 2.24) is 14.8 Å². The molecule has 2 fully saturated rings. The lowest BCUT2D eigenvalue weighted by Gasteiger charge is -2.44. The smallest absolute Gasteiger partial charge is 0.409 e. The van der Waals surface area contributed by atoms with Crippen molar-refractivity contribution in [2.45, 2.75) is 58.5 Å². The van der Waals surface area contributed by atoms with Crippen molar-refractivity contribution < 1.29 is 19.1 Å². The van der Waals surface area contributed by atoms with Crippen LogP contribution in [-0.4, -0.2) is 79.3 Å². The topological polar surface area (TPSA) is 116 Å². The molecule has 6 rings (SSSR count). The number of nitrogens with one attached hydrogen (secondary N) is 2. The average Bonchev–Trinajstić information content (AvgIpc) is 3.10. The Kier molecular flexibility index (Phi) is 10.0. The molecule has 0 saturated carbocycles. The second kappa shape index (κ2) is 14.5. The van der Waals surface area contributed by atoms with E-state index in [-0.39, 0.29) is 41.3 Å². The van der Waals surface area contributed by atoms with Crippen molar-refractivity contribution in [2.75, 3.05) is 61.0 Å². The Morgan fingerprint density at radius 1 is 0.875 bits per heavy atom. The predicted molar refractivity (Wildman–Crippen MR) is 187 cm³/mol. The van der Waals surface area contributed by atoms with E-state index < -0.39 is 0 Å². The molecular weight excluding hydrogens is 608 g/mol. The van der Waals surface area contributed by atoms with Crippen LogP contribution in [0.1, 0.15) is 72.4 Å². The normalized spacial score (nSPS) is 18.9. The molecule has 2 atom stereocenters. The van der Waals surface area contributed by atoms with Gasteiger partial charge in [0.1, 0.15) is 0 Å². The summed E-state index contributed by atoms with van der Waals surface area (Å²) in [5.41, 5.74) is 4.55. The lowest BCUT2D eigenvalue weighted by atomic mass is 9.83. The van der Waals surface area contributed by atoms with Crippen LogP contribution in [-0.2, 0) is 11.3 Å². The minimum Gasteiger partial charge on any atom is -0.450 e. The van der Waals surface area contributed by atoms with Gasteiger partial charge in [0.15, 0.2) is 0 Å². The molecule has 3 aromatic rings. The van der Waals surface area contributed by atoms with Crippen LogP contribution in [0.2, 0.25) is 0 Å². The van der Waals surface area contributed by atoms with Gasteiger partial charge in [0.25, 0.3) is 17.4 Å². The number of rotatable bonds is 9. The highest BCUT2D eigenvalue weighted by Gasteiger charge is 2.35. The van der Waals surface area contributed by atoms with Gasteiger partial charge in [-0.05, 0) is 94.5 Å². The zero-order valence-electron chi connectivity index (χ0n) is 28.1. The number of aromatic nitrogens is 1. The molecule has 3 aliphatic rings. The van der Waals surface area contributed by atoms with Gasteiger partial charge in [-0.15, -0.1) is 0 Å². The van der Waals surface area contributed by atoms with Crippen molar-refractivity contribution in [3.8, 4) is 0 Å². The third-order valence-electron chi connectivity index (χ3n) is 9.94. The number of benzene rings is 2. The van der Waals surface area contributed by atoms with Gasteiger partial charge in [-0.25, -0.2) is 4.79 Å². The largest absolute Gasteiger partial charge is 0.450 e. The third-order valence-corrected chi connectivity index (χ3v) is 9.94. The molecule has 4 heterocycles. The highest BCUT2D eigenvalue weighted by Crippen LogP contribution is 2.39. The molecule has 254 valence electrons. The second-order valence-corrected chi connectivity index (χ2v) is 12.9. The van der Waals surface area contributed by atoms with Gasteiger partial charge in [0.2, 0.25) is 0 Å². The van der Waals surface area contributed by atoms with E-state index in [0.717, 1.165) is 43.1 Å². The maximum atomic E-state index is 13.7. The Balaban J connectivity index is 1.23. The van der Waals surface area contributed by atoms with Crippen molar-refractivity contribution in [1.29, 1.82) is 0 Å². The van der Waals surface area contributed by atoms with Gasteiger partial charge in [0, 0.05) is 86.3 Å². The monoisotopic (exact) mass is 654 g/mol. The van der Waals surface area contributed by atoms with Crippen LogP contribution in [0.5, 0.6) is 0 Å². The minimum absolute atomic E-state index is 0.0394. The van der Waals surface area contributed by atoms with Crippen molar-refractivity contribution in [2.24, 2.45) is 5.92 Å². The van der Waals surface area contributed by atoms with E-state index in [4.69, 9.17) is 4.74 Å². The van der Waals surface area contributed by atoms with Gasteiger partial charge >= 0.3 is 6.09 Å². The SMILES string of the molecule is CCOC(=O)N1CCC(NC(=O)c2ccc(N3CC4CC(C3)c3cccc(=O)n3C4)c(NC(=O)c3ccc(N(CC)CC)cc3)c2)CC1. The van der Waals surface area contributed by atoms with E-state index in [2.05, 4.69) is 34.3 Å². The minimum atomic E-state index is -0.321. The van der Waals surface area contributed by atoms with Crippen LogP contribution in [0.25, 0.3) is 0 Å². The first-order chi connectivity index (χ1) is 23.3. The Bertz CT molecular complexity index is 1690. The first-order valence-corrected chi connectivity index (χ1v) is 17.3. The number of amides is 3. The summed E-state index contributed by atoms with van der Waals surface area (Å²) in [5, 5.41) is 6.27. The lowest BCUT2D eigenvalue weighted by Crippen LogP contribution is -2.47. The fourth-order valence-electron chi connectivity index (χ4n) is 7.44. The highest BCUT2D eigenvalue weighted by molar-refractivity contribution is 6.07. The van der Waals surface area contributed by atoms with Crippen molar-refractivity contribution in [3.63, 3.8) is 0 Å². The van der Waals surface area contributed by atoms with E-state index in [1.165, 1.54) is 0 Å². The summed E-state index contributed by atoms with van der Waals surface area (Å²) >= 11 is 0. The molecule has 3 amide bonds. The van der Waals surface area contributed by atoms with Crippen LogP contribution in [0.15, 0.2) is 65.5 Å². The summed E-state index contributed by atoms with van der Waals surface area (Å²) in [6, 6.07) is 18.5. The van der Waals surface area contributed by atoms with E-state index in [9.17, 15) is 19.2 Å². The number of piperidine rings is 2. The maximum absolute atomic E-state index is 13.7. The number of pyridine rings is 1. The molecule has 3 aliphatic heterocycles. The van der Waals surface area contributed by atoms with E-state index in [1.807, 2.05) is 53.1 Å². The number of hydrogen-bond acceptors (Lipinski definition) is 7. The molecular formula is C37H46N6O5. The third kappa shape index (κ3) is 7.05. The number of carbonyl (C=O) groups is 3. The number of anilines is 3. The molecule has 2 aromatic carbocycles. The Hall–Kier alpha value is -4.80. The van der Waals surface area contributed by atoms with Crippen molar-refractivity contribution >= 4 is 35.0 Å². The number of carbonyl (C=O) groups excluding carboxylic acids is 3. The maximum Gasteiger partial charge on any atom is 0.409 e. The zero-order chi connectivity index (χ0) is 33.8. The van der Waals surface area contributed by atoms with E-state index in [0.29, 0.717) is 62.4 Å². The number of nitrogens with zero attached hydrogens (tertiary/aromatic N) is 4. The molecule has 11 nitrogen and oxygen atoms in total. The first kappa shape index (κ1) is 33.1. The summed E-state index contributed by atoms with van der Waals surface area (Å²) in [5.74, 6) is 0.00126. The molecule has 0 aliphatic carbocycles. The molecule has 2 N–H and O–H groups in total. The number of fused-ring (bicyclic) bond motifs is 4. The molecule has 2 unspecified atom stereocenters. The molecule has 2 bridgehead atoms. The van der Waals surface area contributed by atoms with Gasteiger partial charge in [0.05, 0.1) is 18.0 Å². The molecule has 1 aromatic heterocycles. The summed E-state index contributed by atoms with van der Waals surface area (Å²) in [6.45, 7) is 11.2. The molecule has 11 heteroatoms. The molecule has 0 radical (unpaired) electrons. The lowest BCUT2D eigenvalue weighted by molar-refractivity contribution is 0.0859. The summed E-state index contributed by atoms with van der Waals surface area (Å²) < 4.78 is 7.03. The van der Waals surface area contributed by atoms with Crippen LogP contribution in [0.3, 0.4) is 0 Å². The van der Waals surface area contributed by atoms with E-state index in [1.54, 1.807) is 24.0 Å². The van der Waals surface area contributed by atoms with Gasteiger partial charge in [-0.3, -0.25) is 14.4 Å². The van der Waals surface area contributed by atoms with Crippen LogP contribution < -0.4 is 26.0 Å². The molecule has 2 saturated heterocycles. The zero-order valence-corrected chi connectivity index (χ0v) is 28.1. The first-order valence-electron chi connectivity index (χ1n) is 17.3. The van der Waals surface area contributed by atoms with Gasteiger partial charge in [-0.1, -0.05) is 6.07 Å². The molecule has 48 heavy (non-hydrogen) atoms. The van der Waals surface area contributed by atoms with Crippen LogP contribution in [0, 0.1) is 5.92 Å². The van der Waals surface area contributed by atoms with E-state index >= 15 is 0 Å². The summed E-state index contributed by atoms with van der Waals surface area (Å²) in [4.78, 5) is 58.1. The average molecular weight is 655 g/mol. The fourth-order valence-corrected chi connectivity index (χ4v) is 7.44. The van der Waals surface area contributed by atoms with Crippen LogP contribution >= 0.6 is 0 Å². The van der Waals surface area contributed by atoms with Gasteiger partial charge in [-0.2, -0.15) is 0 Å². The Labute approximate surface area is 281 Å². The fraction of sp³-hybridized carbons (Fsp3) is 0.459. The Morgan fingerprint density at radius 2 is 1.60 bits per heavy atom. The number of likely N-dealkylation sites (tertiary alicyclic amines) is 1.